The van der Waals surface area contributed by atoms with Crippen molar-refractivity contribution < 1.29 is 17.9 Å². The van der Waals surface area contributed by atoms with Crippen LogP contribution in [0.15, 0.2) is 65.7 Å². The monoisotopic (exact) mass is 396 g/mol. The summed E-state index contributed by atoms with van der Waals surface area (Å²) in [6.45, 7) is 5.28. The fraction of sp³-hybridized carbons (Fsp3) is 0.143. The molecule has 144 valence electrons. The summed E-state index contributed by atoms with van der Waals surface area (Å²) in [5, 5.41) is 11.5. The Morgan fingerprint density at radius 2 is 1.57 bits per heavy atom. The van der Waals surface area contributed by atoms with Gasteiger partial charge in [0.15, 0.2) is 17.7 Å². The predicted molar refractivity (Wildman–Crippen MR) is 107 cm³/mol. The van der Waals surface area contributed by atoms with Crippen LogP contribution in [0.2, 0.25) is 0 Å². The van der Waals surface area contributed by atoms with Gasteiger partial charge in [0.2, 0.25) is 0 Å². The van der Waals surface area contributed by atoms with Crippen molar-refractivity contribution in [2.24, 2.45) is 0 Å². The molecule has 0 fully saturated rings. The second-order valence-electron chi connectivity index (χ2n) is 6.68. The molecule has 0 unspecified atom stereocenters. The molecule has 0 saturated heterocycles. The number of benzene rings is 2. The average Bonchev–Trinajstić information content (AvgIpc) is 2.65. The van der Waals surface area contributed by atoms with Crippen molar-refractivity contribution in [2.75, 3.05) is 4.72 Å². The number of nitrogens with one attached hydrogen (secondary N) is 1. The first kappa shape index (κ1) is 19.6. The average molecular weight is 396 g/mol. The molecule has 0 amide bonds. The lowest BCUT2D eigenvalue weighted by molar-refractivity contribution is -0.612. The summed E-state index contributed by atoms with van der Waals surface area (Å²) < 4.78 is 28.7. The van der Waals surface area contributed by atoms with Gasteiger partial charge < -0.3 is 5.21 Å². The Morgan fingerprint density at radius 3 is 2.21 bits per heavy atom. The summed E-state index contributed by atoms with van der Waals surface area (Å²) >= 11 is 0. The number of aromatic nitrogens is 1. The minimum absolute atomic E-state index is 0.111. The third kappa shape index (κ3) is 4.04. The first-order chi connectivity index (χ1) is 13.2. The van der Waals surface area contributed by atoms with Gasteiger partial charge >= 0.3 is 0 Å². The van der Waals surface area contributed by atoms with Gasteiger partial charge in [-0.1, -0.05) is 29.3 Å². The molecular formula is C21H20N2O4S. The number of carbonyl (C=O) groups excluding carboxylic acids is 1. The van der Waals surface area contributed by atoms with Crippen molar-refractivity contribution in [3.63, 3.8) is 0 Å². The minimum atomic E-state index is -3.85. The molecule has 2 aromatic carbocycles. The molecular weight excluding hydrogens is 376 g/mol. The molecule has 0 radical (unpaired) electrons. The Kier molecular flexibility index (Phi) is 5.20. The highest BCUT2D eigenvalue weighted by Gasteiger charge is 2.21. The number of sulfonamides is 1. The first-order valence-electron chi connectivity index (χ1n) is 8.62. The normalized spacial score (nSPS) is 11.2. The Labute approximate surface area is 164 Å². The molecule has 1 heterocycles. The molecule has 0 saturated carbocycles. The van der Waals surface area contributed by atoms with Crippen LogP contribution in [-0.4, -0.2) is 14.2 Å². The van der Waals surface area contributed by atoms with Gasteiger partial charge in [0.05, 0.1) is 10.6 Å². The van der Waals surface area contributed by atoms with E-state index in [9.17, 15) is 18.4 Å². The summed E-state index contributed by atoms with van der Waals surface area (Å²) in [5.74, 6) is -0.367. The van der Waals surface area contributed by atoms with E-state index in [0.717, 1.165) is 11.1 Å². The molecule has 1 N–H and O–H groups in total. The van der Waals surface area contributed by atoms with Crippen molar-refractivity contribution in [1.29, 1.82) is 0 Å². The second-order valence-corrected chi connectivity index (χ2v) is 8.36. The van der Waals surface area contributed by atoms with Crippen molar-refractivity contribution in [3.05, 3.63) is 93.9 Å². The van der Waals surface area contributed by atoms with Crippen molar-refractivity contribution >= 4 is 21.5 Å². The lowest BCUT2D eigenvalue weighted by Gasteiger charge is -2.13. The highest BCUT2D eigenvalue weighted by Crippen LogP contribution is 2.24. The molecule has 0 aliphatic carbocycles. The van der Waals surface area contributed by atoms with Gasteiger partial charge in [0.25, 0.3) is 10.0 Å². The topological polar surface area (TPSA) is 90.2 Å². The molecule has 0 spiro atoms. The highest BCUT2D eigenvalue weighted by atomic mass is 32.2. The number of ketones is 1. The Bertz CT molecular complexity index is 1150. The van der Waals surface area contributed by atoms with Crippen LogP contribution in [0.25, 0.3) is 0 Å². The van der Waals surface area contributed by atoms with E-state index in [0.29, 0.717) is 16.0 Å². The van der Waals surface area contributed by atoms with Gasteiger partial charge in [-0.2, -0.15) is 4.73 Å². The lowest BCUT2D eigenvalue weighted by atomic mass is 10.0. The number of anilines is 1. The highest BCUT2D eigenvalue weighted by molar-refractivity contribution is 7.92. The van der Waals surface area contributed by atoms with Gasteiger partial charge in [0, 0.05) is 30.2 Å². The van der Waals surface area contributed by atoms with Gasteiger partial charge in [0.1, 0.15) is 0 Å². The molecule has 7 heteroatoms. The second kappa shape index (κ2) is 7.44. The lowest BCUT2D eigenvalue weighted by Crippen LogP contribution is -2.29. The van der Waals surface area contributed by atoms with E-state index < -0.39 is 10.0 Å². The van der Waals surface area contributed by atoms with Crippen LogP contribution in [0.1, 0.15) is 32.7 Å². The third-order valence-corrected chi connectivity index (χ3v) is 5.74. The predicted octanol–water partition coefficient (Wildman–Crippen LogP) is 3.28. The quantitative estimate of drug-likeness (QED) is 0.407. The van der Waals surface area contributed by atoms with Crippen LogP contribution in [-0.2, 0) is 10.0 Å². The van der Waals surface area contributed by atoms with Gasteiger partial charge in [-0.25, -0.2) is 8.42 Å². The SMILES string of the molecule is Cc1ccc(S(=O)(=O)Nc2ccc(C)cc2C(=O)c2cc[n+]([O-])c(C)c2)cc1. The zero-order valence-electron chi connectivity index (χ0n) is 15.8. The largest absolute Gasteiger partial charge is 0.619 e. The number of nitrogens with zero attached hydrogens (tertiary/aromatic N) is 1. The van der Waals surface area contributed by atoms with E-state index in [1.807, 2.05) is 13.8 Å². The van der Waals surface area contributed by atoms with E-state index in [-0.39, 0.29) is 21.9 Å². The standard InChI is InChI=1S/C21H20N2O4S/c1-14-4-7-18(8-5-14)28(26,27)22-20-9-6-15(2)12-19(20)21(24)17-10-11-23(25)16(3)13-17/h4-13,22H,1-3H3. The van der Waals surface area contributed by atoms with E-state index in [1.54, 1.807) is 37.3 Å². The number of hydrogen-bond donors (Lipinski definition) is 1. The van der Waals surface area contributed by atoms with Crippen LogP contribution in [0, 0.1) is 26.0 Å². The zero-order valence-corrected chi connectivity index (χ0v) is 16.6. The smallest absolute Gasteiger partial charge is 0.261 e. The maximum absolute atomic E-state index is 13.0. The zero-order chi connectivity index (χ0) is 20.5. The Balaban J connectivity index is 2.02. The van der Waals surface area contributed by atoms with Gasteiger partial charge in [-0.15, -0.1) is 0 Å². The van der Waals surface area contributed by atoms with E-state index in [2.05, 4.69) is 4.72 Å². The molecule has 6 nitrogen and oxygen atoms in total. The van der Waals surface area contributed by atoms with Crippen molar-refractivity contribution in [3.8, 4) is 0 Å². The van der Waals surface area contributed by atoms with E-state index in [4.69, 9.17) is 0 Å². The van der Waals surface area contributed by atoms with Crippen LogP contribution in [0.3, 0.4) is 0 Å². The summed E-state index contributed by atoms with van der Waals surface area (Å²) in [5.41, 5.74) is 2.85. The third-order valence-electron chi connectivity index (χ3n) is 4.36. The van der Waals surface area contributed by atoms with Crippen LogP contribution >= 0.6 is 0 Å². The fourth-order valence-electron chi connectivity index (χ4n) is 2.76. The summed E-state index contributed by atoms with van der Waals surface area (Å²) in [7, 11) is -3.85. The van der Waals surface area contributed by atoms with Crippen LogP contribution in [0.5, 0.6) is 0 Å². The number of carbonyl (C=O) groups is 1. The first-order valence-corrected chi connectivity index (χ1v) is 10.1. The summed E-state index contributed by atoms with van der Waals surface area (Å²) in [6, 6.07) is 14.3. The van der Waals surface area contributed by atoms with E-state index >= 15 is 0 Å². The molecule has 28 heavy (non-hydrogen) atoms. The molecule has 0 aliphatic rings. The number of aryl methyl sites for hydroxylation is 3. The number of pyridine rings is 1. The maximum atomic E-state index is 13.0. The molecule has 0 bridgehead atoms. The van der Waals surface area contributed by atoms with Gasteiger partial charge in [-0.3, -0.25) is 9.52 Å². The maximum Gasteiger partial charge on any atom is 0.261 e. The number of rotatable bonds is 5. The molecule has 0 aliphatic heterocycles. The molecule has 3 rings (SSSR count). The fourth-order valence-corrected chi connectivity index (χ4v) is 3.83. The molecule has 0 atom stereocenters. The van der Waals surface area contributed by atoms with Crippen molar-refractivity contribution in [2.45, 2.75) is 25.7 Å². The van der Waals surface area contributed by atoms with Crippen molar-refractivity contribution in [1.82, 2.24) is 0 Å². The summed E-state index contributed by atoms with van der Waals surface area (Å²) in [4.78, 5) is 13.1. The Morgan fingerprint density at radius 1 is 0.929 bits per heavy atom. The number of hydrogen-bond acceptors (Lipinski definition) is 4. The van der Waals surface area contributed by atoms with E-state index in [1.165, 1.54) is 30.5 Å². The summed E-state index contributed by atoms with van der Waals surface area (Å²) in [6.07, 6.45) is 1.26. The van der Waals surface area contributed by atoms with Gasteiger partial charge in [-0.05, 0) is 38.1 Å². The Hall–Kier alpha value is -3.19. The van der Waals surface area contributed by atoms with Crippen LogP contribution < -0.4 is 9.45 Å². The molecule has 1 aromatic heterocycles. The minimum Gasteiger partial charge on any atom is -0.619 e. The molecule has 3 aromatic rings. The van der Waals surface area contributed by atoms with Crippen LogP contribution in [0.4, 0.5) is 5.69 Å².